The molecule has 28 heavy (non-hydrogen) atoms. The first-order valence-electron chi connectivity index (χ1n) is 8.61. The number of nitrogens with one attached hydrogen (secondary N) is 1. The van der Waals surface area contributed by atoms with Crippen LogP contribution in [0.1, 0.15) is 15.9 Å². The number of carbonyl (C=O) groups excluding carboxylic acids is 2. The minimum atomic E-state index is -0.725. The molecular weight excluding hydrogens is 359 g/mol. The number of pyridine rings is 1. The molecule has 6 nitrogen and oxygen atoms in total. The van der Waals surface area contributed by atoms with Crippen LogP contribution < -0.4 is 16.0 Å². The van der Waals surface area contributed by atoms with E-state index in [1.807, 2.05) is 41.3 Å². The summed E-state index contributed by atoms with van der Waals surface area (Å²) in [5.41, 5.74) is 7.82. The Morgan fingerprint density at radius 3 is 2.54 bits per heavy atom. The molecule has 0 unspecified atom stereocenters. The van der Waals surface area contributed by atoms with E-state index < -0.39 is 17.8 Å². The molecule has 0 radical (unpaired) electrons. The fourth-order valence-electron chi connectivity index (χ4n) is 2.76. The van der Waals surface area contributed by atoms with Gasteiger partial charge < -0.3 is 16.0 Å². The summed E-state index contributed by atoms with van der Waals surface area (Å²) < 4.78 is 13.2. The number of hydrogen-bond acceptors (Lipinski definition) is 4. The lowest BCUT2D eigenvalue weighted by Crippen LogP contribution is -2.33. The maximum atomic E-state index is 13.2. The van der Waals surface area contributed by atoms with E-state index in [1.54, 1.807) is 18.2 Å². The van der Waals surface area contributed by atoms with Crippen LogP contribution in [0.5, 0.6) is 0 Å². The highest BCUT2D eigenvalue weighted by atomic mass is 19.1. The monoisotopic (exact) mass is 378 g/mol. The lowest BCUT2D eigenvalue weighted by atomic mass is 10.1. The Hall–Kier alpha value is -3.74. The molecule has 1 heterocycles. The highest BCUT2D eigenvalue weighted by Crippen LogP contribution is 2.22. The van der Waals surface area contributed by atoms with Gasteiger partial charge in [-0.2, -0.15) is 4.39 Å². The first-order chi connectivity index (χ1) is 13.5. The van der Waals surface area contributed by atoms with Crippen LogP contribution in [-0.4, -0.2) is 23.3 Å². The first-order valence-corrected chi connectivity index (χ1v) is 8.61. The molecule has 142 valence electrons. The van der Waals surface area contributed by atoms with Crippen molar-refractivity contribution in [3.8, 4) is 0 Å². The van der Waals surface area contributed by atoms with Crippen molar-refractivity contribution in [2.75, 3.05) is 16.8 Å². The maximum absolute atomic E-state index is 13.2. The molecule has 0 aliphatic rings. The molecular formula is C21H19FN4O2. The smallest absolute Gasteiger partial charge is 0.255 e. The number of amides is 2. The second-order valence-corrected chi connectivity index (χ2v) is 6.18. The highest BCUT2D eigenvalue weighted by Gasteiger charge is 2.13. The molecule has 1 aromatic heterocycles. The SMILES string of the molecule is NC(=O)CN(Cc1ccccc1)c1cccc(NC(=O)c2ccnc(F)c2)c1. The van der Waals surface area contributed by atoms with Gasteiger partial charge in [0.25, 0.3) is 5.91 Å². The maximum Gasteiger partial charge on any atom is 0.255 e. The normalized spacial score (nSPS) is 10.3. The van der Waals surface area contributed by atoms with Crippen LogP contribution in [0.15, 0.2) is 72.9 Å². The summed E-state index contributed by atoms with van der Waals surface area (Å²) in [5, 5.41) is 2.72. The van der Waals surface area contributed by atoms with E-state index in [4.69, 9.17) is 5.73 Å². The molecule has 2 amide bonds. The van der Waals surface area contributed by atoms with Crippen LogP contribution in [0.3, 0.4) is 0 Å². The lowest BCUT2D eigenvalue weighted by molar-refractivity contribution is -0.116. The summed E-state index contributed by atoms with van der Waals surface area (Å²) in [6, 6.07) is 19.2. The van der Waals surface area contributed by atoms with Crippen molar-refractivity contribution in [3.05, 3.63) is 90.0 Å². The van der Waals surface area contributed by atoms with Crippen molar-refractivity contribution in [2.45, 2.75) is 6.54 Å². The summed E-state index contributed by atoms with van der Waals surface area (Å²) in [4.78, 5) is 29.1. The summed E-state index contributed by atoms with van der Waals surface area (Å²) in [7, 11) is 0. The quantitative estimate of drug-likeness (QED) is 0.619. The molecule has 0 atom stereocenters. The summed E-state index contributed by atoms with van der Waals surface area (Å²) in [6.07, 6.45) is 1.23. The van der Waals surface area contributed by atoms with Crippen molar-refractivity contribution >= 4 is 23.2 Å². The molecule has 0 fully saturated rings. The highest BCUT2D eigenvalue weighted by molar-refractivity contribution is 6.04. The van der Waals surface area contributed by atoms with Crippen molar-refractivity contribution in [2.24, 2.45) is 5.73 Å². The van der Waals surface area contributed by atoms with Crippen LogP contribution >= 0.6 is 0 Å². The Labute approximate surface area is 161 Å². The average molecular weight is 378 g/mol. The number of nitrogens with two attached hydrogens (primary N) is 1. The Kier molecular flexibility index (Phi) is 5.96. The molecule has 2 aromatic carbocycles. The average Bonchev–Trinajstić information content (AvgIpc) is 2.68. The molecule has 0 bridgehead atoms. The van der Waals surface area contributed by atoms with E-state index in [2.05, 4.69) is 10.3 Å². The van der Waals surface area contributed by atoms with Gasteiger partial charge in [0.15, 0.2) is 0 Å². The Morgan fingerprint density at radius 2 is 1.82 bits per heavy atom. The minimum absolute atomic E-state index is 0.0296. The van der Waals surface area contributed by atoms with Crippen molar-refractivity contribution < 1.29 is 14.0 Å². The van der Waals surface area contributed by atoms with E-state index in [-0.39, 0.29) is 12.1 Å². The largest absolute Gasteiger partial charge is 0.368 e. The molecule has 3 N–H and O–H groups in total. The zero-order valence-electron chi connectivity index (χ0n) is 15.0. The van der Waals surface area contributed by atoms with Gasteiger partial charge in [-0.1, -0.05) is 36.4 Å². The van der Waals surface area contributed by atoms with Crippen LogP contribution in [-0.2, 0) is 11.3 Å². The van der Waals surface area contributed by atoms with Crippen molar-refractivity contribution in [1.82, 2.24) is 4.98 Å². The van der Waals surface area contributed by atoms with Crippen LogP contribution in [0.4, 0.5) is 15.8 Å². The number of hydrogen-bond donors (Lipinski definition) is 2. The number of benzene rings is 2. The van der Waals surface area contributed by atoms with Gasteiger partial charge in [-0.3, -0.25) is 9.59 Å². The van der Waals surface area contributed by atoms with Gasteiger partial charge in [-0.15, -0.1) is 0 Å². The van der Waals surface area contributed by atoms with E-state index in [0.29, 0.717) is 12.2 Å². The van der Waals surface area contributed by atoms with Gasteiger partial charge >= 0.3 is 0 Å². The van der Waals surface area contributed by atoms with Crippen molar-refractivity contribution in [1.29, 1.82) is 0 Å². The zero-order chi connectivity index (χ0) is 19.9. The predicted octanol–water partition coefficient (Wildman–Crippen LogP) is 2.96. The third-order valence-corrected chi connectivity index (χ3v) is 4.02. The molecule has 7 heteroatoms. The zero-order valence-corrected chi connectivity index (χ0v) is 15.0. The fraction of sp³-hybridized carbons (Fsp3) is 0.0952. The number of primary amides is 1. The third-order valence-electron chi connectivity index (χ3n) is 4.02. The standard InChI is InChI=1S/C21H19FN4O2/c22-19-11-16(9-10-24-19)21(28)25-17-7-4-8-18(12-17)26(14-20(23)27)13-15-5-2-1-3-6-15/h1-12H,13-14H2,(H2,23,27)(H,25,28). The number of halogens is 1. The van der Waals surface area contributed by atoms with Gasteiger partial charge in [0.1, 0.15) is 0 Å². The van der Waals surface area contributed by atoms with Gasteiger partial charge in [0.05, 0.1) is 6.54 Å². The second kappa shape index (κ2) is 8.77. The summed E-state index contributed by atoms with van der Waals surface area (Å²) >= 11 is 0. The van der Waals surface area contributed by atoms with Gasteiger partial charge in [-0.25, -0.2) is 4.98 Å². The predicted molar refractivity (Wildman–Crippen MR) is 105 cm³/mol. The number of anilines is 2. The third kappa shape index (κ3) is 5.14. The molecule has 3 rings (SSSR count). The van der Waals surface area contributed by atoms with Crippen LogP contribution in [0.25, 0.3) is 0 Å². The van der Waals surface area contributed by atoms with Gasteiger partial charge in [0.2, 0.25) is 11.9 Å². The van der Waals surface area contributed by atoms with Crippen molar-refractivity contribution in [3.63, 3.8) is 0 Å². The van der Waals surface area contributed by atoms with E-state index in [1.165, 1.54) is 12.3 Å². The number of carbonyl (C=O) groups is 2. The summed E-state index contributed by atoms with van der Waals surface area (Å²) in [6.45, 7) is 0.513. The van der Waals surface area contributed by atoms with E-state index in [0.717, 1.165) is 17.3 Å². The van der Waals surface area contributed by atoms with Crippen LogP contribution in [0, 0.1) is 5.95 Å². The number of aromatic nitrogens is 1. The molecule has 0 aliphatic heterocycles. The topological polar surface area (TPSA) is 88.3 Å². The summed E-state index contributed by atoms with van der Waals surface area (Å²) in [5.74, 6) is -1.64. The fourth-order valence-corrected chi connectivity index (χ4v) is 2.76. The Morgan fingerprint density at radius 1 is 1.04 bits per heavy atom. The number of nitrogens with zero attached hydrogens (tertiary/aromatic N) is 2. The molecule has 0 saturated heterocycles. The minimum Gasteiger partial charge on any atom is -0.368 e. The molecule has 0 spiro atoms. The number of rotatable bonds is 7. The van der Waals surface area contributed by atoms with E-state index in [9.17, 15) is 14.0 Å². The molecule has 3 aromatic rings. The van der Waals surface area contributed by atoms with Crippen LogP contribution in [0.2, 0.25) is 0 Å². The van der Waals surface area contributed by atoms with Gasteiger partial charge in [0, 0.05) is 35.7 Å². The van der Waals surface area contributed by atoms with E-state index >= 15 is 0 Å². The molecule has 0 saturated carbocycles. The second-order valence-electron chi connectivity index (χ2n) is 6.18. The molecule has 0 aliphatic carbocycles. The lowest BCUT2D eigenvalue weighted by Gasteiger charge is -2.24. The Bertz CT molecular complexity index is 979. The Balaban J connectivity index is 1.80. The first kappa shape index (κ1) is 19.0. The van der Waals surface area contributed by atoms with Gasteiger partial charge in [-0.05, 0) is 29.8 Å².